The van der Waals surface area contributed by atoms with Crippen LogP contribution in [0.15, 0.2) is 18.2 Å². The van der Waals surface area contributed by atoms with Crippen molar-refractivity contribution in [1.29, 1.82) is 0 Å². The molecule has 0 bridgehead atoms. The highest BCUT2D eigenvalue weighted by molar-refractivity contribution is 7.80. The summed E-state index contributed by atoms with van der Waals surface area (Å²) in [5.74, 6) is 1.36. The summed E-state index contributed by atoms with van der Waals surface area (Å²) in [7, 11) is 0. The van der Waals surface area contributed by atoms with Gasteiger partial charge in [-0.15, -0.1) is 0 Å². The molecule has 1 aromatic rings. The Morgan fingerprint density at radius 1 is 1.47 bits per heavy atom. The van der Waals surface area contributed by atoms with E-state index in [9.17, 15) is 0 Å². The molecular weight excluding hydrogens is 206 g/mol. The third-order valence-corrected chi connectivity index (χ3v) is 2.36. The van der Waals surface area contributed by atoms with E-state index < -0.39 is 0 Å². The molecule has 0 atom stereocenters. The van der Waals surface area contributed by atoms with E-state index in [1.807, 2.05) is 12.1 Å². The zero-order chi connectivity index (χ0) is 11.4. The van der Waals surface area contributed by atoms with Crippen LogP contribution in [0.1, 0.15) is 30.9 Å². The van der Waals surface area contributed by atoms with Crippen molar-refractivity contribution in [3.05, 3.63) is 29.3 Å². The topological polar surface area (TPSA) is 35.2 Å². The third-order valence-electron chi connectivity index (χ3n) is 2.24. The van der Waals surface area contributed by atoms with Crippen LogP contribution >= 0.6 is 12.2 Å². The van der Waals surface area contributed by atoms with E-state index in [0.717, 1.165) is 5.75 Å². The van der Waals surface area contributed by atoms with Crippen LogP contribution in [0.3, 0.4) is 0 Å². The molecule has 0 amide bonds. The molecule has 0 saturated heterocycles. The van der Waals surface area contributed by atoms with Gasteiger partial charge in [0.15, 0.2) is 0 Å². The molecule has 3 heteroatoms. The summed E-state index contributed by atoms with van der Waals surface area (Å²) in [5.41, 5.74) is 7.95. The van der Waals surface area contributed by atoms with E-state index in [-0.39, 0.29) is 0 Å². The lowest BCUT2D eigenvalue weighted by Crippen LogP contribution is -2.17. The van der Waals surface area contributed by atoms with Crippen LogP contribution in [0.25, 0.3) is 0 Å². The Morgan fingerprint density at radius 2 is 2.13 bits per heavy atom. The Kier molecular flexibility index (Phi) is 4.09. The van der Waals surface area contributed by atoms with Crippen LogP contribution < -0.4 is 10.5 Å². The molecule has 0 aliphatic heterocycles. The number of thiocarbonyl (C=S) groups is 1. The molecule has 0 radical (unpaired) electrons. The first-order chi connectivity index (χ1) is 7.00. The summed E-state index contributed by atoms with van der Waals surface area (Å²) in [5, 5.41) is 0. The van der Waals surface area contributed by atoms with Gasteiger partial charge in [-0.25, -0.2) is 0 Å². The van der Waals surface area contributed by atoms with Crippen LogP contribution in [-0.2, 0) is 0 Å². The number of hydrogen-bond donors (Lipinski definition) is 1. The standard InChI is InChI=1S/C12H17NOS/c1-8(2)11-5-4-10(6-9(11)3)14-7-12(13)15/h4-6,8H,7H2,1-3H3,(H2,13,15). The van der Waals surface area contributed by atoms with Gasteiger partial charge in [-0.3, -0.25) is 0 Å². The van der Waals surface area contributed by atoms with Crippen molar-refractivity contribution in [1.82, 2.24) is 0 Å². The predicted octanol–water partition coefficient (Wildman–Crippen LogP) is 2.78. The maximum Gasteiger partial charge on any atom is 0.138 e. The van der Waals surface area contributed by atoms with Crippen LogP contribution in [0.5, 0.6) is 5.75 Å². The van der Waals surface area contributed by atoms with E-state index >= 15 is 0 Å². The fourth-order valence-corrected chi connectivity index (χ4v) is 1.60. The summed E-state index contributed by atoms with van der Waals surface area (Å²) in [6, 6.07) is 6.07. The van der Waals surface area contributed by atoms with Gasteiger partial charge in [0.25, 0.3) is 0 Å². The Labute approximate surface area is 96.4 Å². The minimum Gasteiger partial charge on any atom is -0.486 e. The Balaban J connectivity index is 2.77. The highest BCUT2D eigenvalue weighted by Gasteiger charge is 2.04. The number of rotatable bonds is 4. The van der Waals surface area contributed by atoms with Crippen molar-refractivity contribution in [3.8, 4) is 5.75 Å². The highest BCUT2D eigenvalue weighted by atomic mass is 32.1. The predicted molar refractivity (Wildman–Crippen MR) is 67.5 cm³/mol. The first-order valence-corrected chi connectivity index (χ1v) is 5.43. The van der Waals surface area contributed by atoms with Crippen molar-refractivity contribution >= 4 is 17.2 Å². The van der Waals surface area contributed by atoms with Crippen LogP contribution in [0.2, 0.25) is 0 Å². The molecule has 1 aromatic carbocycles. The van der Waals surface area contributed by atoms with Crippen molar-refractivity contribution < 1.29 is 4.74 Å². The van der Waals surface area contributed by atoms with Gasteiger partial charge in [0.05, 0.1) is 0 Å². The summed E-state index contributed by atoms with van der Waals surface area (Å²) >= 11 is 4.75. The molecule has 0 aliphatic carbocycles. The quantitative estimate of drug-likeness (QED) is 0.797. The first-order valence-electron chi connectivity index (χ1n) is 5.02. The van der Waals surface area contributed by atoms with Gasteiger partial charge in [0, 0.05) is 0 Å². The fourth-order valence-electron chi connectivity index (χ4n) is 1.54. The maximum absolute atomic E-state index is 5.42. The second kappa shape index (κ2) is 5.12. The summed E-state index contributed by atoms with van der Waals surface area (Å²) < 4.78 is 5.42. The second-order valence-electron chi connectivity index (χ2n) is 3.93. The largest absolute Gasteiger partial charge is 0.486 e. The molecular formula is C12H17NOS. The number of benzene rings is 1. The lowest BCUT2D eigenvalue weighted by atomic mass is 9.98. The molecule has 2 N–H and O–H groups in total. The van der Waals surface area contributed by atoms with Gasteiger partial charge in [-0.05, 0) is 36.1 Å². The van der Waals surface area contributed by atoms with Crippen LogP contribution in [0, 0.1) is 6.92 Å². The van der Waals surface area contributed by atoms with Gasteiger partial charge in [0.2, 0.25) is 0 Å². The fraction of sp³-hybridized carbons (Fsp3) is 0.417. The molecule has 0 fully saturated rings. The average molecular weight is 223 g/mol. The van der Waals surface area contributed by atoms with Gasteiger partial charge in [-0.2, -0.15) is 0 Å². The van der Waals surface area contributed by atoms with Crippen molar-refractivity contribution in [3.63, 3.8) is 0 Å². The van der Waals surface area contributed by atoms with E-state index in [0.29, 0.717) is 17.5 Å². The Bertz CT molecular complexity index is 361. The van der Waals surface area contributed by atoms with E-state index in [1.54, 1.807) is 0 Å². The molecule has 0 aromatic heterocycles. The first kappa shape index (κ1) is 12.0. The van der Waals surface area contributed by atoms with E-state index in [4.69, 9.17) is 22.7 Å². The summed E-state index contributed by atoms with van der Waals surface area (Å²) in [4.78, 5) is 0.376. The number of aryl methyl sites for hydroxylation is 1. The Hall–Kier alpha value is -1.09. The number of ether oxygens (including phenoxy) is 1. The second-order valence-corrected chi connectivity index (χ2v) is 4.45. The van der Waals surface area contributed by atoms with Crippen LogP contribution in [-0.4, -0.2) is 11.6 Å². The lowest BCUT2D eigenvalue weighted by Gasteiger charge is -2.12. The SMILES string of the molecule is Cc1cc(OCC(N)=S)ccc1C(C)C. The summed E-state index contributed by atoms with van der Waals surface area (Å²) in [6.45, 7) is 6.74. The minimum absolute atomic E-state index is 0.301. The molecule has 1 rings (SSSR count). The lowest BCUT2D eigenvalue weighted by molar-refractivity contribution is 0.377. The van der Waals surface area contributed by atoms with Gasteiger partial charge >= 0.3 is 0 Å². The molecule has 15 heavy (non-hydrogen) atoms. The molecule has 82 valence electrons. The smallest absolute Gasteiger partial charge is 0.138 e. The van der Waals surface area contributed by atoms with Crippen LogP contribution in [0.4, 0.5) is 0 Å². The van der Waals surface area contributed by atoms with E-state index in [1.165, 1.54) is 11.1 Å². The van der Waals surface area contributed by atoms with E-state index in [2.05, 4.69) is 26.8 Å². The Morgan fingerprint density at radius 3 is 2.60 bits per heavy atom. The zero-order valence-electron chi connectivity index (χ0n) is 9.41. The number of hydrogen-bond acceptors (Lipinski definition) is 2. The highest BCUT2D eigenvalue weighted by Crippen LogP contribution is 2.23. The molecule has 0 saturated carbocycles. The maximum atomic E-state index is 5.42. The minimum atomic E-state index is 0.301. The molecule has 0 heterocycles. The zero-order valence-corrected chi connectivity index (χ0v) is 10.2. The van der Waals surface area contributed by atoms with Crippen molar-refractivity contribution in [2.45, 2.75) is 26.7 Å². The number of nitrogens with two attached hydrogens (primary N) is 1. The molecule has 0 aliphatic rings. The molecule has 0 spiro atoms. The molecule has 2 nitrogen and oxygen atoms in total. The van der Waals surface area contributed by atoms with Gasteiger partial charge in [0.1, 0.15) is 17.3 Å². The van der Waals surface area contributed by atoms with Gasteiger partial charge in [-0.1, -0.05) is 32.1 Å². The van der Waals surface area contributed by atoms with Crippen molar-refractivity contribution in [2.24, 2.45) is 5.73 Å². The third kappa shape index (κ3) is 3.51. The normalized spacial score (nSPS) is 10.4. The monoisotopic (exact) mass is 223 g/mol. The average Bonchev–Trinajstić information content (AvgIpc) is 2.14. The molecule has 0 unspecified atom stereocenters. The van der Waals surface area contributed by atoms with Crippen molar-refractivity contribution in [2.75, 3.05) is 6.61 Å². The van der Waals surface area contributed by atoms with Gasteiger partial charge < -0.3 is 10.5 Å². The summed E-state index contributed by atoms with van der Waals surface area (Å²) in [6.07, 6.45) is 0.